The fourth-order valence-corrected chi connectivity index (χ4v) is 2.55. The van der Waals surface area contributed by atoms with Crippen LogP contribution in [0.1, 0.15) is 63.7 Å². The standard InChI is InChI=1S/C12H22N4/c1-3-10-5-4-6-11(7-10)16-8-12(9(2)13)14-15-16/h8-11H,3-7,13H2,1-2H3. The van der Waals surface area contributed by atoms with Crippen molar-refractivity contribution in [1.29, 1.82) is 0 Å². The fourth-order valence-electron chi connectivity index (χ4n) is 2.55. The molecular formula is C12H22N4. The van der Waals surface area contributed by atoms with Gasteiger partial charge in [-0.15, -0.1) is 5.10 Å². The Morgan fingerprint density at radius 1 is 1.56 bits per heavy atom. The van der Waals surface area contributed by atoms with Crippen LogP contribution in [0.2, 0.25) is 0 Å². The number of aromatic nitrogens is 3. The molecule has 2 N–H and O–H groups in total. The van der Waals surface area contributed by atoms with Crippen LogP contribution in [0.15, 0.2) is 6.20 Å². The first kappa shape index (κ1) is 11.6. The molecule has 0 bridgehead atoms. The Labute approximate surface area is 97.2 Å². The lowest BCUT2D eigenvalue weighted by molar-refractivity contribution is 0.245. The zero-order chi connectivity index (χ0) is 11.5. The normalized spacial score (nSPS) is 27.9. The van der Waals surface area contributed by atoms with Gasteiger partial charge in [0.2, 0.25) is 0 Å². The molecule has 1 aliphatic carbocycles. The minimum absolute atomic E-state index is 0.0145. The van der Waals surface area contributed by atoms with Gasteiger partial charge in [0, 0.05) is 6.04 Å². The van der Waals surface area contributed by atoms with Crippen LogP contribution in [0.5, 0.6) is 0 Å². The molecule has 4 nitrogen and oxygen atoms in total. The monoisotopic (exact) mass is 222 g/mol. The van der Waals surface area contributed by atoms with Crippen LogP contribution in [0, 0.1) is 5.92 Å². The topological polar surface area (TPSA) is 56.7 Å². The van der Waals surface area contributed by atoms with Crippen molar-refractivity contribution >= 4 is 0 Å². The van der Waals surface area contributed by atoms with Gasteiger partial charge in [-0.2, -0.15) is 0 Å². The molecular weight excluding hydrogens is 200 g/mol. The molecule has 4 heteroatoms. The fraction of sp³-hybridized carbons (Fsp3) is 0.833. The van der Waals surface area contributed by atoms with Crippen LogP contribution >= 0.6 is 0 Å². The molecule has 1 aromatic heterocycles. The summed E-state index contributed by atoms with van der Waals surface area (Å²) in [4.78, 5) is 0. The van der Waals surface area contributed by atoms with Crippen molar-refractivity contribution in [2.24, 2.45) is 11.7 Å². The van der Waals surface area contributed by atoms with Crippen molar-refractivity contribution in [3.8, 4) is 0 Å². The molecule has 0 aromatic carbocycles. The molecule has 1 heterocycles. The van der Waals surface area contributed by atoms with Gasteiger partial charge in [0.15, 0.2) is 0 Å². The first-order valence-electron chi connectivity index (χ1n) is 6.38. The maximum Gasteiger partial charge on any atom is 0.0991 e. The summed E-state index contributed by atoms with van der Waals surface area (Å²) in [6.45, 7) is 4.23. The highest BCUT2D eigenvalue weighted by atomic mass is 15.4. The van der Waals surface area contributed by atoms with Crippen LogP contribution in [0.3, 0.4) is 0 Å². The van der Waals surface area contributed by atoms with Gasteiger partial charge in [0.05, 0.1) is 17.9 Å². The molecule has 16 heavy (non-hydrogen) atoms. The molecule has 0 radical (unpaired) electrons. The second-order valence-corrected chi connectivity index (χ2v) is 5.01. The second-order valence-electron chi connectivity index (χ2n) is 5.01. The minimum atomic E-state index is -0.0145. The highest BCUT2D eigenvalue weighted by Crippen LogP contribution is 2.33. The predicted octanol–water partition coefficient (Wildman–Crippen LogP) is 2.44. The summed E-state index contributed by atoms with van der Waals surface area (Å²) in [6, 6.07) is 0.526. The van der Waals surface area contributed by atoms with Gasteiger partial charge in [-0.25, -0.2) is 4.68 Å². The summed E-state index contributed by atoms with van der Waals surface area (Å²) in [6.07, 6.45) is 8.48. The van der Waals surface area contributed by atoms with Gasteiger partial charge < -0.3 is 5.73 Å². The van der Waals surface area contributed by atoms with Gasteiger partial charge in [0.25, 0.3) is 0 Å². The van der Waals surface area contributed by atoms with Crippen LogP contribution in [-0.4, -0.2) is 15.0 Å². The van der Waals surface area contributed by atoms with Gasteiger partial charge in [-0.05, 0) is 25.7 Å². The van der Waals surface area contributed by atoms with E-state index in [1.165, 1.54) is 32.1 Å². The number of hydrogen-bond donors (Lipinski definition) is 1. The van der Waals surface area contributed by atoms with Crippen LogP contribution in [0.4, 0.5) is 0 Å². The van der Waals surface area contributed by atoms with E-state index in [2.05, 4.69) is 17.2 Å². The molecule has 0 spiro atoms. The molecule has 1 aromatic rings. The summed E-state index contributed by atoms with van der Waals surface area (Å²) < 4.78 is 2.03. The largest absolute Gasteiger partial charge is 0.323 e. The third kappa shape index (κ3) is 2.43. The van der Waals surface area contributed by atoms with Crippen LogP contribution < -0.4 is 5.73 Å². The van der Waals surface area contributed by atoms with Gasteiger partial charge in [-0.1, -0.05) is 31.4 Å². The third-order valence-electron chi connectivity index (χ3n) is 3.70. The van der Waals surface area contributed by atoms with Crippen molar-refractivity contribution < 1.29 is 0 Å². The Hall–Kier alpha value is -0.900. The average Bonchev–Trinajstić information content (AvgIpc) is 2.78. The quantitative estimate of drug-likeness (QED) is 0.854. The predicted molar refractivity (Wildman–Crippen MR) is 63.9 cm³/mol. The minimum Gasteiger partial charge on any atom is -0.323 e. The molecule has 1 aliphatic rings. The molecule has 1 saturated carbocycles. The van der Waals surface area contributed by atoms with Crippen LogP contribution in [0.25, 0.3) is 0 Å². The van der Waals surface area contributed by atoms with E-state index in [0.717, 1.165) is 11.6 Å². The summed E-state index contributed by atoms with van der Waals surface area (Å²) in [5.41, 5.74) is 6.70. The molecule has 3 atom stereocenters. The molecule has 2 rings (SSSR count). The Morgan fingerprint density at radius 2 is 2.38 bits per heavy atom. The van der Waals surface area contributed by atoms with Gasteiger partial charge in [0.1, 0.15) is 0 Å². The summed E-state index contributed by atoms with van der Waals surface area (Å²) in [7, 11) is 0. The number of rotatable bonds is 3. The lowest BCUT2D eigenvalue weighted by Gasteiger charge is -2.28. The molecule has 0 aliphatic heterocycles. The second kappa shape index (κ2) is 4.95. The lowest BCUT2D eigenvalue weighted by atomic mass is 9.84. The maximum absolute atomic E-state index is 5.79. The van der Waals surface area contributed by atoms with Crippen molar-refractivity contribution in [3.63, 3.8) is 0 Å². The van der Waals surface area contributed by atoms with E-state index in [4.69, 9.17) is 5.73 Å². The highest BCUT2D eigenvalue weighted by molar-refractivity contribution is 4.98. The third-order valence-corrected chi connectivity index (χ3v) is 3.70. The SMILES string of the molecule is CCC1CCCC(n2cc(C(C)N)nn2)C1. The van der Waals surface area contributed by atoms with Gasteiger partial charge in [-0.3, -0.25) is 0 Å². The van der Waals surface area contributed by atoms with E-state index in [9.17, 15) is 0 Å². The summed E-state index contributed by atoms with van der Waals surface area (Å²) in [5, 5.41) is 8.35. The Bertz CT molecular complexity index is 332. The molecule has 1 fully saturated rings. The average molecular weight is 222 g/mol. The van der Waals surface area contributed by atoms with Crippen molar-refractivity contribution in [1.82, 2.24) is 15.0 Å². The van der Waals surface area contributed by atoms with E-state index in [-0.39, 0.29) is 6.04 Å². The number of nitrogens with two attached hydrogens (primary N) is 1. The Kier molecular flexibility index (Phi) is 3.59. The lowest BCUT2D eigenvalue weighted by Crippen LogP contribution is -2.19. The number of hydrogen-bond acceptors (Lipinski definition) is 3. The number of nitrogens with zero attached hydrogens (tertiary/aromatic N) is 3. The summed E-state index contributed by atoms with van der Waals surface area (Å²) in [5.74, 6) is 0.863. The first-order valence-corrected chi connectivity index (χ1v) is 6.38. The zero-order valence-electron chi connectivity index (χ0n) is 10.3. The van der Waals surface area contributed by atoms with Crippen molar-refractivity contribution in [2.75, 3.05) is 0 Å². The van der Waals surface area contributed by atoms with Crippen LogP contribution in [-0.2, 0) is 0 Å². The molecule has 0 saturated heterocycles. The van der Waals surface area contributed by atoms with E-state index in [1.807, 2.05) is 17.8 Å². The van der Waals surface area contributed by atoms with Crippen molar-refractivity contribution in [2.45, 2.75) is 58.0 Å². The molecule has 90 valence electrons. The maximum atomic E-state index is 5.79. The van der Waals surface area contributed by atoms with E-state index < -0.39 is 0 Å². The molecule has 3 unspecified atom stereocenters. The van der Waals surface area contributed by atoms with E-state index >= 15 is 0 Å². The van der Waals surface area contributed by atoms with E-state index in [1.54, 1.807) is 0 Å². The van der Waals surface area contributed by atoms with Gasteiger partial charge >= 0.3 is 0 Å². The Morgan fingerprint density at radius 3 is 3.00 bits per heavy atom. The smallest absolute Gasteiger partial charge is 0.0991 e. The highest BCUT2D eigenvalue weighted by Gasteiger charge is 2.23. The Balaban J connectivity index is 2.05. The summed E-state index contributed by atoms with van der Waals surface area (Å²) >= 11 is 0. The first-order chi connectivity index (χ1) is 7.70. The van der Waals surface area contributed by atoms with Crippen molar-refractivity contribution in [3.05, 3.63) is 11.9 Å². The van der Waals surface area contributed by atoms with E-state index in [0.29, 0.717) is 6.04 Å². The zero-order valence-corrected chi connectivity index (χ0v) is 10.3. The molecule has 0 amide bonds.